The van der Waals surface area contributed by atoms with Gasteiger partial charge < -0.3 is 9.84 Å². The van der Waals surface area contributed by atoms with Gasteiger partial charge in [0, 0.05) is 12.1 Å². The van der Waals surface area contributed by atoms with Crippen molar-refractivity contribution in [1.82, 2.24) is 4.98 Å². The lowest BCUT2D eigenvalue weighted by Crippen LogP contribution is -2.46. The van der Waals surface area contributed by atoms with Gasteiger partial charge in [0.2, 0.25) is 0 Å². The zero-order valence-corrected chi connectivity index (χ0v) is 14.8. The summed E-state index contributed by atoms with van der Waals surface area (Å²) < 4.78 is 46.7. The minimum Gasteiger partial charge on any atom is -0.481 e. The highest BCUT2D eigenvalue weighted by molar-refractivity contribution is 7.18. The Bertz CT molecular complexity index is 1120. The third kappa shape index (κ3) is 3.26. The number of hydrogen-bond donors (Lipinski definition) is 1. The normalized spacial score (nSPS) is 16.2. The van der Waals surface area contributed by atoms with E-state index in [1.165, 1.54) is 6.07 Å². The van der Waals surface area contributed by atoms with Crippen molar-refractivity contribution in [3.05, 3.63) is 52.8 Å². The summed E-state index contributed by atoms with van der Waals surface area (Å²) in [4.78, 5) is 29.0. The molecule has 1 atom stereocenters. The van der Waals surface area contributed by atoms with Crippen molar-refractivity contribution < 1.29 is 32.6 Å². The number of amides is 1. The number of benzene rings is 2. The number of hydrogen-bond acceptors (Lipinski definition) is 5. The van der Waals surface area contributed by atoms with Gasteiger partial charge in [-0.25, -0.2) is 18.2 Å². The minimum atomic E-state index is -1.29. The first-order valence-corrected chi connectivity index (χ1v) is 8.87. The van der Waals surface area contributed by atoms with Gasteiger partial charge in [-0.3, -0.25) is 14.5 Å². The lowest BCUT2D eigenvalue weighted by molar-refractivity contribution is -0.142. The number of carboxylic acid groups (broad SMARTS) is 1. The largest absolute Gasteiger partial charge is 0.481 e. The van der Waals surface area contributed by atoms with Gasteiger partial charge >= 0.3 is 5.97 Å². The molecule has 0 fully saturated rings. The molecule has 0 saturated heterocycles. The van der Waals surface area contributed by atoms with Crippen LogP contribution in [0.15, 0.2) is 30.3 Å². The third-order valence-electron chi connectivity index (χ3n) is 4.13. The first kappa shape index (κ1) is 18.2. The van der Waals surface area contributed by atoms with Gasteiger partial charge in [-0.1, -0.05) is 0 Å². The van der Waals surface area contributed by atoms with Crippen molar-refractivity contribution in [2.75, 3.05) is 4.90 Å². The number of thiazole rings is 1. The minimum absolute atomic E-state index is 0.0383. The number of anilines is 1. The molecule has 2 aromatic carbocycles. The molecule has 1 aliphatic heterocycles. The Hall–Kier alpha value is -3.14. The molecular weight excluding hydrogens is 397 g/mol. The smallest absolute Gasteiger partial charge is 0.307 e. The number of carbonyl (C=O) groups excluding carboxylic acids is 1. The molecular formula is C18H11F3N2O4S. The van der Waals surface area contributed by atoms with Crippen LogP contribution >= 0.6 is 11.3 Å². The number of fused-ring (bicyclic) bond motifs is 2. The van der Waals surface area contributed by atoms with E-state index in [9.17, 15) is 22.8 Å². The van der Waals surface area contributed by atoms with E-state index in [1.54, 1.807) is 0 Å². The van der Waals surface area contributed by atoms with E-state index < -0.39 is 41.9 Å². The molecule has 3 aromatic rings. The van der Waals surface area contributed by atoms with Gasteiger partial charge in [-0.05, 0) is 18.2 Å². The van der Waals surface area contributed by atoms with Gasteiger partial charge in [0.15, 0.2) is 11.9 Å². The zero-order valence-electron chi connectivity index (χ0n) is 14.0. The Kier molecular flexibility index (Phi) is 4.42. The van der Waals surface area contributed by atoms with Gasteiger partial charge in [-0.15, -0.1) is 11.3 Å². The molecule has 0 bridgehead atoms. The Morgan fingerprint density at radius 2 is 2.00 bits per heavy atom. The highest BCUT2D eigenvalue weighted by Gasteiger charge is 2.36. The maximum Gasteiger partial charge on any atom is 0.307 e. The zero-order chi connectivity index (χ0) is 20.0. The van der Waals surface area contributed by atoms with Gasteiger partial charge in [0.25, 0.3) is 5.91 Å². The van der Waals surface area contributed by atoms with Crippen LogP contribution < -0.4 is 9.64 Å². The average Bonchev–Trinajstić information content (AvgIpc) is 3.01. The molecule has 0 aliphatic carbocycles. The fraction of sp³-hybridized carbons (Fsp3) is 0.167. The van der Waals surface area contributed by atoms with Crippen LogP contribution in [-0.4, -0.2) is 28.1 Å². The van der Waals surface area contributed by atoms with Gasteiger partial charge in [0.1, 0.15) is 27.9 Å². The predicted molar refractivity (Wildman–Crippen MR) is 93.8 cm³/mol. The number of carboxylic acids is 1. The van der Waals surface area contributed by atoms with E-state index in [0.717, 1.165) is 34.4 Å². The lowest BCUT2D eigenvalue weighted by atomic mass is 10.1. The molecule has 6 nitrogen and oxygen atoms in total. The standard InChI is InChI=1S/C18H11F3N2O4S/c19-8-1-2-12-11(4-8)23(18(26)13(27-12)6-16(24)25)7-15-22-17-10(21)3-9(20)5-14(17)28-15/h1-5,13H,6-7H2,(H,24,25). The second-order valence-corrected chi connectivity index (χ2v) is 7.20. The molecule has 0 radical (unpaired) electrons. The molecule has 28 heavy (non-hydrogen) atoms. The summed E-state index contributed by atoms with van der Waals surface area (Å²) in [6.45, 7) is -0.171. The fourth-order valence-corrected chi connectivity index (χ4v) is 3.95. The number of rotatable bonds is 4. The SMILES string of the molecule is O=C(O)CC1Oc2ccc(F)cc2N(Cc2nc3c(F)cc(F)cc3s2)C1=O. The maximum atomic E-state index is 13.9. The van der Waals surface area contributed by atoms with Crippen molar-refractivity contribution in [2.24, 2.45) is 0 Å². The number of nitrogens with zero attached hydrogens (tertiary/aromatic N) is 2. The molecule has 0 spiro atoms. The Morgan fingerprint density at radius 1 is 1.21 bits per heavy atom. The lowest BCUT2D eigenvalue weighted by Gasteiger charge is -2.33. The van der Waals surface area contributed by atoms with E-state index in [2.05, 4.69) is 4.98 Å². The fourth-order valence-electron chi connectivity index (χ4n) is 2.95. The number of halogens is 3. The van der Waals surface area contributed by atoms with Crippen LogP contribution in [0.2, 0.25) is 0 Å². The third-order valence-corrected chi connectivity index (χ3v) is 5.12. The van der Waals surface area contributed by atoms with Crippen LogP contribution in [0.25, 0.3) is 10.2 Å². The molecule has 2 heterocycles. The van der Waals surface area contributed by atoms with Crippen molar-refractivity contribution in [3.8, 4) is 5.75 Å². The molecule has 1 aromatic heterocycles. The number of aromatic nitrogens is 1. The average molecular weight is 408 g/mol. The van der Waals surface area contributed by atoms with Crippen LogP contribution in [0.1, 0.15) is 11.4 Å². The molecule has 1 N–H and O–H groups in total. The first-order chi connectivity index (χ1) is 13.3. The van der Waals surface area contributed by atoms with Crippen LogP contribution in [0.4, 0.5) is 18.9 Å². The summed E-state index contributed by atoms with van der Waals surface area (Å²) in [5, 5.41) is 9.28. The Morgan fingerprint density at radius 3 is 2.75 bits per heavy atom. The Balaban J connectivity index is 1.74. The van der Waals surface area contributed by atoms with Crippen LogP contribution in [0.3, 0.4) is 0 Å². The van der Waals surface area contributed by atoms with Crippen molar-refractivity contribution in [3.63, 3.8) is 0 Å². The maximum absolute atomic E-state index is 13.9. The second kappa shape index (κ2) is 6.79. The molecule has 1 unspecified atom stereocenters. The van der Waals surface area contributed by atoms with Crippen LogP contribution in [0.5, 0.6) is 5.75 Å². The van der Waals surface area contributed by atoms with Gasteiger partial charge in [-0.2, -0.15) is 0 Å². The summed E-state index contributed by atoms with van der Waals surface area (Å²) in [5.74, 6) is -3.98. The topological polar surface area (TPSA) is 79.7 Å². The summed E-state index contributed by atoms with van der Waals surface area (Å²) in [6.07, 6.45) is -1.87. The summed E-state index contributed by atoms with van der Waals surface area (Å²) in [7, 11) is 0. The monoisotopic (exact) mass is 408 g/mol. The molecule has 1 aliphatic rings. The predicted octanol–water partition coefficient (Wildman–Crippen LogP) is 3.48. The highest BCUT2D eigenvalue weighted by atomic mass is 32.1. The number of ether oxygens (including phenoxy) is 1. The van der Waals surface area contributed by atoms with Crippen LogP contribution in [0, 0.1) is 17.5 Å². The summed E-state index contributed by atoms with van der Waals surface area (Å²) in [5.41, 5.74) is 0.0706. The quantitative estimate of drug-likeness (QED) is 0.715. The number of aliphatic carboxylic acids is 1. The van der Waals surface area contributed by atoms with E-state index in [4.69, 9.17) is 9.84 Å². The summed E-state index contributed by atoms with van der Waals surface area (Å²) in [6, 6.07) is 5.34. The summed E-state index contributed by atoms with van der Waals surface area (Å²) >= 11 is 0.979. The molecule has 4 rings (SSSR count). The van der Waals surface area contributed by atoms with Crippen molar-refractivity contribution in [2.45, 2.75) is 19.1 Å². The molecule has 144 valence electrons. The van der Waals surface area contributed by atoms with Crippen LogP contribution in [-0.2, 0) is 16.1 Å². The van der Waals surface area contributed by atoms with E-state index in [-0.39, 0.29) is 33.2 Å². The van der Waals surface area contributed by atoms with Crippen molar-refractivity contribution in [1.29, 1.82) is 0 Å². The molecule has 10 heteroatoms. The van der Waals surface area contributed by atoms with Gasteiger partial charge in [0.05, 0.1) is 23.4 Å². The van der Waals surface area contributed by atoms with Crippen molar-refractivity contribution >= 4 is 39.1 Å². The molecule has 1 amide bonds. The van der Waals surface area contributed by atoms with E-state index in [1.807, 2.05) is 0 Å². The Labute approximate surface area is 159 Å². The van der Waals surface area contributed by atoms with E-state index in [0.29, 0.717) is 6.07 Å². The van der Waals surface area contributed by atoms with E-state index >= 15 is 0 Å². The molecule has 0 saturated carbocycles. The second-order valence-electron chi connectivity index (χ2n) is 6.08. The highest BCUT2D eigenvalue weighted by Crippen LogP contribution is 2.37. The number of carbonyl (C=O) groups is 2. The first-order valence-electron chi connectivity index (χ1n) is 8.05.